The lowest BCUT2D eigenvalue weighted by atomic mass is 9.84. The SMILES string of the molecule is NCCCl.Sc1ccc(C2CCCCC2)cc1. The first-order chi connectivity index (χ1) is 8.27. The van der Waals surface area contributed by atoms with Crippen LogP contribution < -0.4 is 5.73 Å². The first kappa shape index (κ1) is 14.9. The maximum atomic E-state index is 5.06. The highest BCUT2D eigenvalue weighted by Gasteiger charge is 2.14. The number of hydrogen-bond donors (Lipinski definition) is 2. The van der Waals surface area contributed by atoms with Gasteiger partial charge in [-0.25, -0.2) is 0 Å². The number of thiol groups is 1. The fourth-order valence-corrected chi connectivity index (χ4v) is 2.33. The molecule has 1 aliphatic carbocycles. The number of halogens is 1. The molecule has 0 bridgehead atoms. The van der Waals surface area contributed by atoms with Gasteiger partial charge < -0.3 is 5.73 Å². The molecule has 0 unspecified atom stereocenters. The van der Waals surface area contributed by atoms with Gasteiger partial charge >= 0.3 is 0 Å². The minimum atomic E-state index is 0.569. The van der Waals surface area contributed by atoms with Crippen LogP contribution in [-0.4, -0.2) is 12.4 Å². The van der Waals surface area contributed by atoms with Crippen LogP contribution >= 0.6 is 24.2 Å². The zero-order valence-corrected chi connectivity index (χ0v) is 11.9. The van der Waals surface area contributed by atoms with Crippen molar-refractivity contribution in [1.82, 2.24) is 0 Å². The second-order valence-electron chi connectivity index (χ2n) is 4.40. The zero-order chi connectivity index (χ0) is 12.5. The predicted molar refractivity (Wildman–Crippen MR) is 79.3 cm³/mol. The molecule has 0 saturated heterocycles. The Morgan fingerprint density at radius 3 is 2.12 bits per heavy atom. The van der Waals surface area contributed by atoms with Crippen LogP contribution in [-0.2, 0) is 0 Å². The van der Waals surface area contributed by atoms with E-state index in [1.54, 1.807) is 0 Å². The normalized spacial score (nSPS) is 16.2. The van der Waals surface area contributed by atoms with E-state index in [1.165, 1.54) is 37.7 Å². The van der Waals surface area contributed by atoms with E-state index in [9.17, 15) is 0 Å². The summed E-state index contributed by atoms with van der Waals surface area (Å²) >= 11 is 9.36. The van der Waals surface area contributed by atoms with Crippen LogP contribution in [0.2, 0.25) is 0 Å². The number of rotatable bonds is 2. The quantitative estimate of drug-likeness (QED) is 0.612. The molecular weight excluding hydrogens is 250 g/mol. The second-order valence-corrected chi connectivity index (χ2v) is 5.30. The summed E-state index contributed by atoms with van der Waals surface area (Å²) in [5.74, 6) is 1.39. The summed E-state index contributed by atoms with van der Waals surface area (Å²) < 4.78 is 0. The van der Waals surface area contributed by atoms with Gasteiger partial charge in [0.05, 0.1) is 0 Å². The van der Waals surface area contributed by atoms with Gasteiger partial charge in [0, 0.05) is 17.3 Å². The van der Waals surface area contributed by atoms with Gasteiger partial charge in [0.15, 0.2) is 0 Å². The van der Waals surface area contributed by atoms with E-state index in [4.69, 9.17) is 17.3 Å². The molecule has 96 valence electrons. The third kappa shape index (κ3) is 5.80. The molecule has 1 aliphatic rings. The van der Waals surface area contributed by atoms with Crippen molar-refractivity contribution in [1.29, 1.82) is 0 Å². The highest BCUT2D eigenvalue weighted by Crippen LogP contribution is 2.32. The van der Waals surface area contributed by atoms with Crippen molar-refractivity contribution < 1.29 is 0 Å². The maximum absolute atomic E-state index is 5.06. The van der Waals surface area contributed by atoms with Crippen LogP contribution in [0.25, 0.3) is 0 Å². The monoisotopic (exact) mass is 271 g/mol. The maximum Gasteiger partial charge on any atom is 0.0346 e. The zero-order valence-electron chi connectivity index (χ0n) is 10.2. The van der Waals surface area contributed by atoms with Gasteiger partial charge in [-0.1, -0.05) is 31.4 Å². The number of hydrogen-bond acceptors (Lipinski definition) is 2. The van der Waals surface area contributed by atoms with E-state index in [1.807, 2.05) is 0 Å². The van der Waals surface area contributed by atoms with E-state index >= 15 is 0 Å². The highest BCUT2D eigenvalue weighted by molar-refractivity contribution is 7.80. The molecule has 0 aromatic heterocycles. The lowest BCUT2D eigenvalue weighted by molar-refractivity contribution is 0.443. The summed E-state index contributed by atoms with van der Waals surface area (Å²) in [4.78, 5) is 1.07. The minimum Gasteiger partial charge on any atom is -0.329 e. The van der Waals surface area contributed by atoms with Gasteiger partial charge in [0.25, 0.3) is 0 Å². The van der Waals surface area contributed by atoms with Gasteiger partial charge in [-0.2, -0.15) is 0 Å². The molecule has 0 spiro atoms. The Kier molecular flexibility index (Phi) is 7.74. The van der Waals surface area contributed by atoms with Crippen LogP contribution in [0, 0.1) is 0 Å². The molecule has 3 heteroatoms. The van der Waals surface area contributed by atoms with Gasteiger partial charge in [-0.15, -0.1) is 24.2 Å². The molecule has 0 heterocycles. The van der Waals surface area contributed by atoms with Crippen molar-refractivity contribution in [2.75, 3.05) is 12.4 Å². The molecule has 0 aliphatic heterocycles. The lowest BCUT2D eigenvalue weighted by Crippen LogP contribution is -2.03. The molecule has 0 amide bonds. The molecule has 2 rings (SSSR count). The first-order valence-corrected chi connectivity index (χ1v) is 7.31. The largest absolute Gasteiger partial charge is 0.329 e. The fourth-order valence-electron chi connectivity index (χ4n) is 2.18. The minimum absolute atomic E-state index is 0.569. The van der Waals surface area contributed by atoms with Crippen molar-refractivity contribution in [3.8, 4) is 0 Å². The summed E-state index contributed by atoms with van der Waals surface area (Å²) in [5.41, 5.74) is 6.41. The smallest absolute Gasteiger partial charge is 0.0346 e. The number of benzene rings is 1. The summed E-state index contributed by atoms with van der Waals surface area (Å²) in [6, 6.07) is 8.68. The summed E-state index contributed by atoms with van der Waals surface area (Å²) in [6.45, 7) is 0.585. The van der Waals surface area contributed by atoms with Crippen LogP contribution in [0.15, 0.2) is 29.2 Å². The molecule has 17 heavy (non-hydrogen) atoms. The predicted octanol–water partition coefficient (Wildman–Crippen LogP) is 4.21. The third-order valence-corrected chi connectivity index (χ3v) is 3.60. The molecule has 1 aromatic rings. The topological polar surface area (TPSA) is 26.0 Å². The van der Waals surface area contributed by atoms with E-state index < -0.39 is 0 Å². The lowest BCUT2D eigenvalue weighted by Gasteiger charge is -2.21. The molecule has 1 nitrogen and oxygen atoms in total. The molecule has 0 radical (unpaired) electrons. The van der Waals surface area contributed by atoms with Crippen molar-refractivity contribution in [3.05, 3.63) is 29.8 Å². The second kappa shape index (κ2) is 8.84. The molecule has 1 fully saturated rings. The van der Waals surface area contributed by atoms with Gasteiger partial charge in [-0.3, -0.25) is 0 Å². The molecule has 0 atom stereocenters. The summed E-state index contributed by atoms with van der Waals surface area (Å²) in [7, 11) is 0. The Balaban J connectivity index is 0.000000317. The molecule has 2 N–H and O–H groups in total. The van der Waals surface area contributed by atoms with E-state index in [-0.39, 0.29) is 0 Å². The Hall–Kier alpha value is -0.180. The first-order valence-electron chi connectivity index (χ1n) is 6.33. The van der Waals surface area contributed by atoms with Crippen LogP contribution in [0.4, 0.5) is 0 Å². The van der Waals surface area contributed by atoms with E-state index in [0.717, 1.165) is 10.8 Å². The molecule has 1 aromatic carbocycles. The Labute approximate surface area is 115 Å². The average molecular weight is 272 g/mol. The van der Waals surface area contributed by atoms with Crippen molar-refractivity contribution in [2.45, 2.75) is 42.9 Å². The van der Waals surface area contributed by atoms with E-state index in [2.05, 4.69) is 36.9 Å². The fraction of sp³-hybridized carbons (Fsp3) is 0.571. The van der Waals surface area contributed by atoms with Crippen molar-refractivity contribution in [2.24, 2.45) is 5.73 Å². The highest BCUT2D eigenvalue weighted by atomic mass is 35.5. The van der Waals surface area contributed by atoms with Crippen molar-refractivity contribution in [3.63, 3.8) is 0 Å². The molecule has 1 saturated carbocycles. The van der Waals surface area contributed by atoms with Gasteiger partial charge in [-0.05, 0) is 36.5 Å². The van der Waals surface area contributed by atoms with Crippen LogP contribution in [0.3, 0.4) is 0 Å². The number of alkyl halides is 1. The Morgan fingerprint density at radius 1 is 1.12 bits per heavy atom. The van der Waals surface area contributed by atoms with E-state index in [0.29, 0.717) is 12.4 Å². The van der Waals surface area contributed by atoms with Gasteiger partial charge in [0.1, 0.15) is 0 Å². The standard InChI is InChI=1S/C12H16S.C2H6ClN/c13-12-8-6-11(7-9-12)10-4-2-1-3-5-10;3-1-2-4/h6-10,13H,1-5H2;1-2,4H2. The van der Waals surface area contributed by atoms with Crippen LogP contribution in [0.5, 0.6) is 0 Å². The van der Waals surface area contributed by atoms with Crippen molar-refractivity contribution >= 4 is 24.2 Å². The summed E-state index contributed by atoms with van der Waals surface area (Å²) in [5, 5.41) is 0. The summed E-state index contributed by atoms with van der Waals surface area (Å²) in [6.07, 6.45) is 7.01. The molecular formula is C14H22ClNS. The average Bonchev–Trinajstić information content (AvgIpc) is 2.41. The third-order valence-electron chi connectivity index (χ3n) is 3.08. The Bertz CT molecular complexity index is 292. The number of nitrogens with two attached hydrogens (primary N) is 1. The Morgan fingerprint density at radius 2 is 1.65 bits per heavy atom. The van der Waals surface area contributed by atoms with Crippen LogP contribution in [0.1, 0.15) is 43.6 Å². The van der Waals surface area contributed by atoms with Gasteiger partial charge in [0.2, 0.25) is 0 Å².